The Morgan fingerprint density at radius 2 is 1.38 bits per heavy atom. The second-order valence-corrected chi connectivity index (χ2v) is 1.99. The number of nitrogens with one attached hydrogen (secondary N) is 1. The van der Waals surface area contributed by atoms with Crippen LogP contribution < -0.4 is 5.48 Å². The van der Waals surface area contributed by atoms with Gasteiger partial charge >= 0.3 is 12.4 Å². The van der Waals surface area contributed by atoms with Crippen molar-refractivity contribution in [3.8, 4) is 0 Å². The van der Waals surface area contributed by atoms with Gasteiger partial charge in [0.15, 0.2) is 0 Å². The molecule has 0 heterocycles. The molecule has 0 bridgehead atoms. The van der Waals surface area contributed by atoms with E-state index in [4.69, 9.17) is 5.21 Å². The molecule has 0 fully saturated rings. The van der Waals surface area contributed by atoms with Crippen molar-refractivity contribution in [3.63, 3.8) is 0 Å². The van der Waals surface area contributed by atoms with Crippen molar-refractivity contribution in [1.82, 2.24) is 5.48 Å². The third-order valence-corrected chi connectivity index (χ3v) is 1.03. The smallest absolute Gasteiger partial charge is 0.289 e. The van der Waals surface area contributed by atoms with Gasteiger partial charge in [0, 0.05) is 0 Å². The molecule has 0 rings (SSSR count). The van der Waals surface area contributed by atoms with Crippen molar-refractivity contribution in [2.24, 2.45) is 5.92 Å². The van der Waals surface area contributed by atoms with Crippen LogP contribution in [0.1, 0.15) is 0 Å². The third kappa shape index (κ3) is 3.09. The predicted octanol–water partition coefficient (Wildman–Crippen LogP) is 1.23. The average molecular weight is 211 g/mol. The summed E-state index contributed by atoms with van der Waals surface area (Å²) in [7, 11) is 0. The van der Waals surface area contributed by atoms with Gasteiger partial charge in [0.2, 0.25) is 5.92 Å². The van der Waals surface area contributed by atoms with E-state index in [0.717, 1.165) is 0 Å². The van der Waals surface area contributed by atoms with Crippen molar-refractivity contribution in [1.29, 1.82) is 0 Å². The van der Waals surface area contributed by atoms with E-state index >= 15 is 0 Å². The number of carbonyl (C=O) groups excluding carboxylic acids is 1. The highest BCUT2D eigenvalue weighted by atomic mass is 19.4. The van der Waals surface area contributed by atoms with Crippen LogP contribution in [0.4, 0.5) is 26.3 Å². The zero-order chi connectivity index (χ0) is 10.9. The van der Waals surface area contributed by atoms with Crippen LogP contribution >= 0.6 is 0 Å². The Morgan fingerprint density at radius 3 is 1.46 bits per heavy atom. The van der Waals surface area contributed by atoms with Gasteiger partial charge in [-0.1, -0.05) is 0 Å². The van der Waals surface area contributed by atoms with Crippen LogP contribution in [0, 0.1) is 5.92 Å². The van der Waals surface area contributed by atoms with E-state index in [9.17, 15) is 31.1 Å². The maximum atomic E-state index is 11.6. The summed E-state index contributed by atoms with van der Waals surface area (Å²) in [6.45, 7) is 0. The van der Waals surface area contributed by atoms with Crippen LogP contribution in [0.5, 0.6) is 0 Å². The number of amides is 1. The first kappa shape index (κ1) is 12.0. The lowest BCUT2D eigenvalue weighted by Gasteiger charge is -2.20. The number of hydroxylamine groups is 1. The monoisotopic (exact) mass is 211 g/mol. The molecule has 0 radical (unpaired) electrons. The largest absolute Gasteiger partial charge is 0.409 e. The fraction of sp³-hybridized carbons (Fsp3) is 0.750. The van der Waals surface area contributed by atoms with Gasteiger partial charge < -0.3 is 0 Å². The maximum Gasteiger partial charge on any atom is 0.409 e. The normalized spacial score (nSPS) is 13.2. The van der Waals surface area contributed by atoms with Crippen LogP contribution in [-0.4, -0.2) is 23.5 Å². The Kier molecular flexibility index (Phi) is 3.14. The number of halogens is 6. The van der Waals surface area contributed by atoms with Gasteiger partial charge in [0.05, 0.1) is 0 Å². The molecule has 78 valence electrons. The molecule has 0 aromatic heterocycles. The van der Waals surface area contributed by atoms with Crippen molar-refractivity contribution < 1.29 is 36.3 Å². The Labute approximate surface area is 67.3 Å². The van der Waals surface area contributed by atoms with Gasteiger partial charge in [-0.15, -0.1) is 0 Å². The zero-order valence-electron chi connectivity index (χ0n) is 5.70. The van der Waals surface area contributed by atoms with Crippen molar-refractivity contribution in [2.75, 3.05) is 0 Å². The van der Waals surface area contributed by atoms with E-state index in [0.29, 0.717) is 5.48 Å². The van der Waals surface area contributed by atoms with Crippen molar-refractivity contribution in [2.45, 2.75) is 12.4 Å². The van der Waals surface area contributed by atoms with Gasteiger partial charge in [-0.05, 0) is 0 Å². The summed E-state index contributed by atoms with van der Waals surface area (Å²) in [5.74, 6) is -6.76. The maximum absolute atomic E-state index is 11.6. The minimum atomic E-state index is -5.77. The molecule has 2 N–H and O–H groups in total. The van der Waals surface area contributed by atoms with Crippen LogP contribution in [0.2, 0.25) is 0 Å². The van der Waals surface area contributed by atoms with E-state index < -0.39 is 24.2 Å². The zero-order valence-corrected chi connectivity index (χ0v) is 5.70. The average Bonchev–Trinajstić information content (AvgIpc) is 1.80. The molecule has 0 aromatic rings. The summed E-state index contributed by atoms with van der Waals surface area (Å²) in [5.41, 5.74) is 0.299. The summed E-state index contributed by atoms with van der Waals surface area (Å²) >= 11 is 0. The van der Waals surface area contributed by atoms with Gasteiger partial charge in [0.25, 0.3) is 5.91 Å². The highest BCUT2D eigenvalue weighted by molar-refractivity contribution is 5.79. The topological polar surface area (TPSA) is 49.3 Å². The molecule has 0 saturated heterocycles. The minimum Gasteiger partial charge on any atom is -0.289 e. The fourth-order valence-electron chi connectivity index (χ4n) is 0.547. The summed E-state index contributed by atoms with van der Waals surface area (Å²) < 4.78 is 69.4. The number of rotatable bonds is 1. The van der Waals surface area contributed by atoms with Crippen LogP contribution in [0.3, 0.4) is 0 Å². The number of alkyl halides is 6. The van der Waals surface area contributed by atoms with Gasteiger partial charge in [0.1, 0.15) is 0 Å². The molecular weight excluding hydrogens is 208 g/mol. The molecule has 13 heavy (non-hydrogen) atoms. The third-order valence-electron chi connectivity index (χ3n) is 1.03. The van der Waals surface area contributed by atoms with Crippen molar-refractivity contribution in [3.05, 3.63) is 0 Å². The van der Waals surface area contributed by atoms with Gasteiger partial charge in [-0.25, -0.2) is 5.48 Å². The summed E-state index contributed by atoms with van der Waals surface area (Å²) in [6.07, 6.45) is -11.5. The first-order valence-corrected chi connectivity index (χ1v) is 2.68. The highest BCUT2D eigenvalue weighted by Crippen LogP contribution is 2.39. The van der Waals surface area contributed by atoms with Crippen LogP contribution in [-0.2, 0) is 4.79 Å². The van der Waals surface area contributed by atoms with E-state index in [1.165, 1.54) is 0 Å². The molecule has 0 aromatic carbocycles. The Balaban J connectivity index is 4.89. The standard InChI is InChI=1S/C4H3F6NO2/c5-3(6,7)1(2(12)11-13)4(8,9)10/h1,13H,(H,11,12). The molecule has 0 atom stereocenters. The molecule has 0 spiro atoms. The number of hydrogen-bond acceptors (Lipinski definition) is 2. The van der Waals surface area contributed by atoms with Gasteiger partial charge in [-0.3, -0.25) is 10.0 Å². The summed E-state index contributed by atoms with van der Waals surface area (Å²) in [4.78, 5) is 10.0. The molecular formula is C4H3F6NO2. The lowest BCUT2D eigenvalue weighted by atomic mass is 10.1. The molecule has 9 heteroatoms. The SMILES string of the molecule is O=C(NO)C(C(F)(F)F)C(F)(F)F. The van der Waals surface area contributed by atoms with Crippen LogP contribution in [0.25, 0.3) is 0 Å². The Hall–Kier alpha value is -0.990. The van der Waals surface area contributed by atoms with Gasteiger partial charge in [-0.2, -0.15) is 26.3 Å². The molecule has 0 unspecified atom stereocenters. The van der Waals surface area contributed by atoms with E-state index in [2.05, 4.69) is 0 Å². The van der Waals surface area contributed by atoms with Crippen LogP contribution in [0.15, 0.2) is 0 Å². The van der Waals surface area contributed by atoms with E-state index in [1.807, 2.05) is 0 Å². The first-order chi connectivity index (χ1) is 5.60. The Morgan fingerprint density at radius 1 is 1.08 bits per heavy atom. The summed E-state index contributed by atoms with van der Waals surface area (Å²) in [5, 5.41) is 7.63. The molecule has 0 saturated carbocycles. The molecule has 3 nitrogen and oxygen atoms in total. The Bertz CT molecular complexity index is 182. The minimum absolute atomic E-state index is 0.299. The molecule has 0 aliphatic heterocycles. The molecule has 0 aliphatic carbocycles. The quantitative estimate of drug-likeness (QED) is 0.389. The highest BCUT2D eigenvalue weighted by Gasteiger charge is 2.61. The number of hydrogen-bond donors (Lipinski definition) is 2. The fourth-order valence-corrected chi connectivity index (χ4v) is 0.547. The lowest BCUT2D eigenvalue weighted by molar-refractivity contribution is -0.276. The molecule has 1 amide bonds. The predicted molar refractivity (Wildman–Crippen MR) is 25.5 cm³/mol. The molecule has 0 aliphatic rings. The number of carbonyl (C=O) groups is 1. The van der Waals surface area contributed by atoms with Crippen molar-refractivity contribution >= 4 is 5.91 Å². The first-order valence-electron chi connectivity index (χ1n) is 2.68. The van der Waals surface area contributed by atoms with E-state index in [1.54, 1.807) is 0 Å². The lowest BCUT2D eigenvalue weighted by Crippen LogP contribution is -2.47. The second-order valence-electron chi connectivity index (χ2n) is 1.99. The second kappa shape index (κ2) is 3.40. The summed E-state index contributed by atoms with van der Waals surface area (Å²) in [6, 6.07) is 0. The van der Waals surface area contributed by atoms with E-state index in [-0.39, 0.29) is 0 Å².